The molecule has 1 aromatic carbocycles. The maximum absolute atomic E-state index is 12.6. The highest BCUT2D eigenvalue weighted by Gasteiger charge is 2.23. The molecular weight excluding hydrogens is 344 g/mol. The van der Waals surface area contributed by atoms with Crippen molar-refractivity contribution in [3.63, 3.8) is 0 Å². The number of benzene rings is 1. The van der Waals surface area contributed by atoms with Crippen molar-refractivity contribution in [2.75, 3.05) is 31.6 Å². The van der Waals surface area contributed by atoms with E-state index in [-0.39, 0.29) is 12.5 Å². The van der Waals surface area contributed by atoms with Crippen LogP contribution in [0.1, 0.15) is 17.4 Å². The number of guanidine groups is 1. The first-order valence-corrected chi connectivity index (χ1v) is 9.90. The zero-order chi connectivity index (χ0) is 18.4. The standard InChI is InChI=1S/C20H26N4OS/c1-15(12-17-7-5-11-26-17)13-22-20(21-2)23-14-19(25)24-10-9-16-6-3-4-8-18(16)24/h3-8,11,15H,9-10,12-14H2,1-2H3,(H2,21,22,23). The van der Waals surface area contributed by atoms with Gasteiger partial charge in [0.15, 0.2) is 5.96 Å². The number of anilines is 1. The SMILES string of the molecule is CN=C(NCC(=O)N1CCc2ccccc21)NCC(C)Cc1cccs1. The van der Waals surface area contributed by atoms with Crippen LogP contribution in [0.15, 0.2) is 46.8 Å². The number of aliphatic imine (C=N–C) groups is 1. The minimum absolute atomic E-state index is 0.0736. The molecule has 0 fully saturated rings. The van der Waals surface area contributed by atoms with Crippen molar-refractivity contribution >= 4 is 28.9 Å². The van der Waals surface area contributed by atoms with Gasteiger partial charge in [0.2, 0.25) is 5.91 Å². The lowest BCUT2D eigenvalue weighted by Crippen LogP contribution is -2.45. The summed E-state index contributed by atoms with van der Waals surface area (Å²) in [6.45, 7) is 4.03. The number of para-hydroxylation sites is 1. The van der Waals surface area contributed by atoms with Gasteiger partial charge in [-0.25, -0.2) is 0 Å². The predicted molar refractivity (Wildman–Crippen MR) is 109 cm³/mol. The molecule has 1 unspecified atom stereocenters. The van der Waals surface area contributed by atoms with Crippen LogP contribution in [-0.4, -0.2) is 38.5 Å². The Balaban J connectivity index is 1.45. The van der Waals surface area contributed by atoms with Gasteiger partial charge in [-0.1, -0.05) is 31.2 Å². The Morgan fingerprint density at radius 1 is 1.27 bits per heavy atom. The Bertz CT molecular complexity index is 757. The number of fused-ring (bicyclic) bond motifs is 1. The molecular formula is C20H26N4OS. The van der Waals surface area contributed by atoms with Gasteiger partial charge in [-0.05, 0) is 41.8 Å². The summed E-state index contributed by atoms with van der Waals surface area (Å²) in [6, 6.07) is 12.4. The molecule has 0 aliphatic carbocycles. The van der Waals surface area contributed by atoms with E-state index in [0.29, 0.717) is 11.9 Å². The number of hydrogen-bond donors (Lipinski definition) is 2. The maximum Gasteiger partial charge on any atom is 0.246 e. The van der Waals surface area contributed by atoms with E-state index in [9.17, 15) is 4.79 Å². The average molecular weight is 371 g/mol. The monoisotopic (exact) mass is 370 g/mol. The third-order valence-corrected chi connectivity index (χ3v) is 5.47. The van der Waals surface area contributed by atoms with Crippen LogP contribution in [0.3, 0.4) is 0 Å². The molecule has 2 N–H and O–H groups in total. The van der Waals surface area contributed by atoms with E-state index in [1.54, 1.807) is 18.4 Å². The molecule has 2 heterocycles. The Labute approximate surface area is 159 Å². The van der Waals surface area contributed by atoms with Gasteiger partial charge in [0.25, 0.3) is 0 Å². The first kappa shape index (κ1) is 18.5. The highest BCUT2D eigenvalue weighted by Crippen LogP contribution is 2.27. The van der Waals surface area contributed by atoms with E-state index in [4.69, 9.17) is 0 Å². The van der Waals surface area contributed by atoms with Crippen molar-refractivity contribution in [1.29, 1.82) is 0 Å². The molecule has 2 aromatic rings. The molecule has 1 atom stereocenters. The molecule has 1 aliphatic rings. The molecule has 3 rings (SSSR count). The fourth-order valence-electron chi connectivity index (χ4n) is 3.19. The number of carbonyl (C=O) groups excluding carboxylic acids is 1. The van der Waals surface area contributed by atoms with E-state index in [0.717, 1.165) is 31.6 Å². The van der Waals surface area contributed by atoms with Crippen LogP contribution in [0.4, 0.5) is 5.69 Å². The fraction of sp³-hybridized carbons (Fsp3) is 0.400. The van der Waals surface area contributed by atoms with Gasteiger partial charge < -0.3 is 15.5 Å². The molecule has 1 aliphatic heterocycles. The smallest absolute Gasteiger partial charge is 0.246 e. The summed E-state index contributed by atoms with van der Waals surface area (Å²) < 4.78 is 0. The average Bonchev–Trinajstić information content (AvgIpc) is 3.31. The van der Waals surface area contributed by atoms with Gasteiger partial charge >= 0.3 is 0 Å². The van der Waals surface area contributed by atoms with E-state index in [2.05, 4.69) is 46.1 Å². The molecule has 26 heavy (non-hydrogen) atoms. The van der Waals surface area contributed by atoms with Gasteiger partial charge in [-0.2, -0.15) is 0 Å². The van der Waals surface area contributed by atoms with Crippen LogP contribution in [0.5, 0.6) is 0 Å². The van der Waals surface area contributed by atoms with E-state index in [1.807, 2.05) is 23.1 Å². The Kier molecular flexibility index (Phi) is 6.28. The van der Waals surface area contributed by atoms with E-state index < -0.39 is 0 Å². The number of amides is 1. The number of nitrogens with zero attached hydrogens (tertiary/aromatic N) is 2. The van der Waals surface area contributed by atoms with Crippen LogP contribution in [0, 0.1) is 5.92 Å². The van der Waals surface area contributed by atoms with Crippen molar-refractivity contribution in [3.05, 3.63) is 52.2 Å². The second-order valence-corrected chi connectivity index (χ2v) is 7.65. The van der Waals surface area contributed by atoms with Gasteiger partial charge in [-0.15, -0.1) is 11.3 Å². The Morgan fingerprint density at radius 2 is 2.12 bits per heavy atom. The molecule has 0 spiro atoms. The van der Waals surface area contributed by atoms with Crippen molar-refractivity contribution in [2.45, 2.75) is 19.8 Å². The summed E-state index contributed by atoms with van der Waals surface area (Å²) >= 11 is 1.79. The Hall–Kier alpha value is -2.34. The molecule has 1 amide bonds. The molecule has 0 bridgehead atoms. The summed E-state index contributed by atoms with van der Waals surface area (Å²) in [5.41, 5.74) is 2.28. The first-order valence-electron chi connectivity index (χ1n) is 9.02. The number of rotatable bonds is 6. The van der Waals surface area contributed by atoms with Crippen LogP contribution in [0.25, 0.3) is 0 Å². The van der Waals surface area contributed by atoms with Crippen LogP contribution >= 0.6 is 11.3 Å². The van der Waals surface area contributed by atoms with E-state index >= 15 is 0 Å². The molecule has 0 saturated heterocycles. The normalized spacial score (nSPS) is 14.8. The van der Waals surface area contributed by atoms with Crippen molar-refractivity contribution in [2.24, 2.45) is 10.9 Å². The summed E-state index contributed by atoms with van der Waals surface area (Å²) in [7, 11) is 1.73. The molecule has 5 nitrogen and oxygen atoms in total. The van der Waals surface area contributed by atoms with E-state index in [1.165, 1.54) is 10.4 Å². The molecule has 138 valence electrons. The second-order valence-electron chi connectivity index (χ2n) is 6.62. The van der Waals surface area contributed by atoms with Crippen LogP contribution in [-0.2, 0) is 17.6 Å². The third kappa shape index (κ3) is 4.64. The van der Waals surface area contributed by atoms with Crippen molar-refractivity contribution in [3.8, 4) is 0 Å². The topological polar surface area (TPSA) is 56.7 Å². The van der Waals surface area contributed by atoms with Gasteiger partial charge in [0.05, 0.1) is 6.54 Å². The number of hydrogen-bond acceptors (Lipinski definition) is 3. The molecule has 6 heteroatoms. The summed E-state index contributed by atoms with van der Waals surface area (Å²) in [6.07, 6.45) is 1.97. The Morgan fingerprint density at radius 3 is 2.88 bits per heavy atom. The third-order valence-electron chi connectivity index (χ3n) is 4.57. The largest absolute Gasteiger partial charge is 0.356 e. The maximum atomic E-state index is 12.6. The number of carbonyl (C=O) groups is 1. The molecule has 0 saturated carbocycles. The molecule has 0 radical (unpaired) electrons. The van der Waals surface area contributed by atoms with Crippen molar-refractivity contribution in [1.82, 2.24) is 10.6 Å². The lowest BCUT2D eigenvalue weighted by atomic mass is 10.1. The van der Waals surface area contributed by atoms with Gasteiger partial charge in [0, 0.05) is 30.7 Å². The quantitative estimate of drug-likeness (QED) is 0.607. The first-order chi connectivity index (χ1) is 12.7. The van der Waals surface area contributed by atoms with Gasteiger partial charge in [0.1, 0.15) is 0 Å². The predicted octanol–water partition coefficient (Wildman–Crippen LogP) is 2.68. The highest BCUT2D eigenvalue weighted by molar-refractivity contribution is 7.09. The summed E-state index contributed by atoms with van der Waals surface area (Å²) in [4.78, 5) is 20.0. The van der Waals surface area contributed by atoms with Crippen LogP contribution < -0.4 is 15.5 Å². The minimum Gasteiger partial charge on any atom is -0.356 e. The number of nitrogens with one attached hydrogen (secondary N) is 2. The number of thiophene rings is 1. The fourth-order valence-corrected chi connectivity index (χ4v) is 4.06. The van der Waals surface area contributed by atoms with Gasteiger partial charge in [-0.3, -0.25) is 9.79 Å². The highest BCUT2D eigenvalue weighted by atomic mass is 32.1. The molecule has 1 aromatic heterocycles. The lowest BCUT2D eigenvalue weighted by molar-refractivity contribution is -0.117. The second kappa shape index (κ2) is 8.85. The zero-order valence-electron chi connectivity index (χ0n) is 15.4. The minimum atomic E-state index is 0.0736. The lowest BCUT2D eigenvalue weighted by Gasteiger charge is -2.19. The van der Waals surface area contributed by atoms with Crippen molar-refractivity contribution < 1.29 is 4.79 Å². The van der Waals surface area contributed by atoms with Crippen LogP contribution in [0.2, 0.25) is 0 Å². The summed E-state index contributed by atoms with van der Waals surface area (Å²) in [5, 5.41) is 8.57. The zero-order valence-corrected chi connectivity index (χ0v) is 16.2. The summed E-state index contributed by atoms with van der Waals surface area (Å²) in [5.74, 6) is 1.24.